The standard InChI is InChI=1S/C9H7NOS/c1-2-8-6(3-4-11-8)9-7(1)10-5-12-9/h1-2,5H,3-4H2. The van der Waals surface area contributed by atoms with Gasteiger partial charge in [-0.25, -0.2) is 4.98 Å². The molecule has 0 amide bonds. The van der Waals surface area contributed by atoms with Crippen LogP contribution >= 0.6 is 11.3 Å². The van der Waals surface area contributed by atoms with Crippen LogP contribution in [0.3, 0.4) is 0 Å². The number of rotatable bonds is 0. The van der Waals surface area contributed by atoms with Crippen molar-refractivity contribution in [1.29, 1.82) is 0 Å². The number of hydrogen-bond acceptors (Lipinski definition) is 3. The zero-order valence-electron chi connectivity index (χ0n) is 6.41. The lowest BCUT2D eigenvalue weighted by Gasteiger charge is -1.97. The Labute approximate surface area is 73.8 Å². The van der Waals surface area contributed by atoms with Crippen LogP contribution in [0, 0.1) is 0 Å². The fourth-order valence-corrected chi connectivity index (χ4v) is 2.46. The maximum absolute atomic E-state index is 5.45. The molecule has 0 bridgehead atoms. The van der Waals surface area contributed by atoms with Gasteiger partial charge in [0.05, 0.1) is 22.3 Å². The molecule has 1 aliphatic rings. The van der Waals surface area contributed by atoms with Crippen molar-refractivity contribution in [1.82, 2.24) is 4.98 Å². The zero-order chi connectivity index (χ0) is 7.97. The molecule has 0 spiro atoms. The number of nitrogens with zero attached hydrogens (tertiary/aromatic N) is 1. The monoisotopic (exact) mass is 177 g/mol. The van der Waals surface area contributed by atoms with Crippen LogP contribution in [0.15, 0.2) is 17.6 Å². The summed E-state index contributed by atoms with van der Waals surface area (Å²) in [6, 6.07) is 4.04. The summed E-state index contributed by atoms with van der Waals surface area (Å²) in [6.45, 7) is 0.826. The molecule has 1 aromatic heterocycles. The van der Waals surface area contributed by atoms with Crippen molar-refractivity contribution in [2.75, 3.05) is 6.61 Å². The summed E-state index contributed by atoms with van der Waals surface area (Å²) in [5, 5.41) is 0. The Balaban J connectivity index is 2.46. The van der Waals surface area contributed by atoms with Crippen LogP contribution < -0.4 is 4.74 Å². The van der Waals surface area contributed by atoms with E-state index in [0.29, 0.717) is 0 Å². The minimum absolute atomic E-state index is 0.826. The molecule has 0 saturated heterocycles. The van der Waals surface area contributed by atoms with Gasteiger partial charge in [0.15, 0.2) is 0 Å². The van der Waals surface area contributed by atoms with Gasteiger partial charge < -0.3 is 4.74 Å². The number of benzene rings is 1. The molecule has 2 nitrogen and oxygen atoms in total. The van der Waals surface area contributed by atoms with Crippen LogP contribution in [0.1, 0.15) is 5.56 Å². The summed E-state index contributed by atoms with van der Waals surface area (Å²) in [7, 11) is 0. The average molecular weight is 177 g/mol. The van der Waals surface area contributed by atoms with Gasteiger partial charge in [0.1, 0.15) is 5.75 Å². The second-order valence-electron chi connectivity index (χ2n) is 2.84. The number of aromatic nitrogens is 1. The molecule has 3 rings (SSSR count). The van der Waals surface area contributed by atoms with Gasteiger partial charge in [-0.3, -0.25) is 0 Å². The predicted molar refractivity (Wildman–Crippen MR) is 48.8 cm³/mol. The highest BCUT2D eigenvalue weighted by atomic mass is 32.1. The van der Waals surface area contributed by atoms with Crippen LogP contribution in [0.4, 0.5) is 0 Å². The first kappa shape index (κ1) is 6.43. The molecule has 0 unspecified atom stereocenters. The van der Waals surface area contributed by atoms with E-state index >= 15 is 0 Å². The molecule has 60 valence electrons. The normalized spacial score (nSPS) is 14.7. The van der Waals surface area contributed by atoms with Crippen LogP contribution in [0.25, 0.3) is 10.2 Å². The summed E-state index contributed by atoms with van der Waals surface area (Å²) < 4.78 is 6.75. The molecule has 12 heavy (non-hydrogen) atoms. The van der Waals surface area contributed by atoms with E-state index in [1.807, 2.05) is 17.6 Å². The summed E-state index contributed by atoms with van der Waals surface area (Å²) >= 11 is 1.70. The van der Waals surface area contributed by atoms with Crippen molar-refractivity contribution in [3.63, 3.8) is 0 Å². The van der Waals surface area contributed by atoms with Gasteiger partial charge in [-0.05, 0) is 12.1 Å². The summed E-state index contributed by atoms with van der Waals surface area (Å²) in [6.07, 6.45) is 1.04. The first-order valence-corrected chi connectivity index (χ1v) is 4.81. The summed E-state index contributed by atoms with van der Waals surface area (Å²) in [5.74, 6) is 1.05. The van der Waals surface area contributed by atoms with E-state index in [9.17, 15) is 0 Å². The van der Waals surface area contributed by atoms with Crippen LogP contribution in [-0.2, 0) is 6.42 Å². The molecular formula is C9H7NOS. The third kappa shape index (κ3) is 0.716. The van der Waals surface area contributed by atoms with Gasteiger partial charge >= 0.3 is 0 Å². The molecule has 0 radical (unpaired) electrons. The van der Waals surface area contributed by atoms with Gasteiger partial charge in [0.2, 0.25) is 0 Å². The van der Waals surface area contributed by atoms with Crippen molar-refractivity contribution in [3.05, 3.63) is 23.2 Å². The van der Waals surface area contributed by atoms with Gasteiger partial charge in [-0.1, -0.05) is 0 Å². The van der Waals surface area contributed by atoms with E-state index in [1.165, 1.54) is 10.3 Å². The molecule has 2 aromatic rings. The number of ether oxygens (including phenoxy) is 1. The Morgan fingerprint density at radius 2 is 2.42 bits per heavy atom. The van der Waals surface area contributed by atoms with E-state index in [-0.39, 0.29) is 0 Å². The van der Waals surface area contributed by atoms with Crippen LogP contribution in [0.5, 0.6) is 5.75 Å². The quantitative estimate of drug-likeness (QED) is 0.615. The van der Waals surface area contributed by atoms with Gasteiger partial charge in [0, 0.05) is 12.0 Å². The van der Waals surface area contributed by atoms with E-state index < -0.39 is 0 Å². The van der Waals surface area contributed by atoms with Crippen LogP contribution in [-0.4, -0.2) is 11.6 Å². The summed E-state index contributed by atoms with van der Waals surface area (Å²) in [4.78, 5) is 4.26. The lowest BCUT2D eigenvalue weighted by atomic mass is 10.1. The highest BCUT2D eigenvalue weighted by molar-refractivity contribution is 7.17. The molecule has 1 aromatic carbocycles. The average Bonchev–Trinajstić information content (AvgIpc) is 2.71. The predicted octanol–water partition coefficient (Wildman–Crippen LogP) is 2.23. The second-order valence-corrected chi connectivity index (χ2v) is 3.70. The van der Waals surface area contributed by atoms with Gasteiger partial charge in [0.25, 0.3) is 0 Å². The maximum atomic E-state index is 5.45. The number of fused-ring (bicyclic) bond motifs is 3. The van der Waals surface area contributed by atoms with E-state index in [0.717, 1.165) is 24.3 Å². The smallest absolute Gasteiger partial charge is 0.124 e. The molecule has 1 aliphatic heterocycles. The first-order chi connectivity index (χ1) is 5.95. The molecule has 0 saturated carbocycles. The fraction of sp³-hybridized carbons (Fsp3) is 0.222. The molecule has 0 atom stereocenters. The van der Waals surface area contributed by atoms with Crippen molar-refractivity contribution in [3.8, 4) is 5.75 Å². The summed E-state index contributed by atoms with van der Waals surface area (Å²) in [5.41, 5.74) is 4.34. The Hall–Kier alpha value is -1.09. The first-order valence-electron chi connectivity index (χ1n) is 3.93. The molecule has 0 aliphatic carbocycles. The van der Waals surface area contributed by atoms with Crippen molar-refractivity contribution in [2.45, 2.75) is 6.42 Å². The van der Waals surface area contributed by atoms with Gasteiger partial charge in [-0.2, -0.15) is 0 Å². The Morgan fingerprint density at radius 3 is 3.42 bits per heavy atom. The Kier molecular flexibility index (Phi) is 1.18. The third-order valence-electron chi connectivity index (χ3n) is 2.17. The van der Waals surface area contributed by atoms with E-state index in [4.69, 9.17) is 4.74 Å². The van der Waals surface area contributed by atoms with Crippen molar-refractivity contribution < 1.29 is 4.74 Å². The van der Waals surface area contributed by atoms with Crippen molar-refractivity contribution in [2.24, 2.45) is 0 Å². The van der Waals surface area contributed by atoms with E-state index in [2.05, 4.69) is 4.98 Å². The fourth-order valence-electron chi connectivity index (χ4n) is 1.60. The Morgan fingerprint density at radius 1 is 1.42 bits per heavy atom. The third-order valence-corrected chi connectivity index (χ3v) is 3.07. The molecular weight excluding hydrogens is 170 g/mol. The molecule has 3 heteroatoms. The lowest BCUT2D eigenvalue weighted by molar-refractivity contribution is 0.357. The molecule has 0 fully saturated rings. The van der Waals surface area contributed by atoms with E-state index in [1.54, 1.807) is 11.3 Å². The Bertz CT molecular complexity index is 435. The minimum Gasteiger partial charge on any atom is -0.493 e. The highest BCUT2D eigenvalue weighted by Crippen LogP contribution is 2.33. The van der Waals surface area contributed by atoms with Gasteiger partial charge in [-0.15, -0.1) is 11.3 Å². The molecule has 0 N–H and O–H groups in total. The van der Waals surface area contributed by atoms with Crippen molar-refractivity contribution >= 4 is 21.6 Å². The second kappa shape index (κ2) is 2.20. The highest BCUT2D eigenvalue weighted by Gasteiger charge is 2.15. The van der Waals surface area contributed by atoms with Crippen LogP contribution in [0.2, 0.25) is 0 Å². The lowest BCUT2D eigenvalue weighted by Crippen LogP contribution is -1.85. The minimum atomic E-state index is 0.826. The zero-order valence-corrected chi connectivity index (χ0v) is 7.23. The SMILES string of the molecule is c1nc2ccc3c(c2s1)CCO3. The number of hydrogen-bond donors (Lipinski definition) is 0. The number of thiazole rings is 1. The maximum Gasteiger partial charge on any atom is 0.124 e. The topological polar surface area (TPSA) is 22.1 Å². The largest absolute Gasteiger partial charge is 0.493 e. The molecule has 2 heterocycles.